The molecule has 0 heterocycles. The predicted molar refractivity (Wildman–Crippen MR) is 22.8 cm³/mol. The molecule has 2 radical (unpaired) electrons. The van der Waals surface area contributed by atoms with E-state index < -0.39 is 0 Å². The summed E-state index contributed by atoms with van der Waals surface area (Å²) in [6, 6.07) is 0. The van der Waals surface area contributed by atoms with Crippen LogP contribution in [0.5, 0.6) is 0 Å². The molecule has 0 spiro atoms. The van der Waals surface area contributed by atoms with Gasteiger partial charge in [-0.25, -0.2) is 0 Å². The van der Waals surface area contributed by atoms with Gasteiger partial charge in [-0.15, -0.1) is 0 Å². The average molecular weight is 663 g/mol. The zero-order valence-electron chi connectivity index (χ0n) is 1.63. The number of rotatable bonds is 0. The van der Waals surface area contributed by atoms with Crippen LogP contribution < -0.4 is 0 Å². The largest absolute Gasteiger partial charge is 0 e. The van der Waals surface area contributed by atoms with Crippen LogP contribution in [0.1, 0.15) is 0 Å². The van der Waals surface area contributed by atoms with Gasteiger partial charge in [-0.1, -0.05) is 0 Å². The first kappa shape index (κ1) is 23.5. The second kappa shape index (κ2) is 25.6. The zero-order chi connectivity index (χ0) is 2.00. The fourth-order valence-corrected chi connectivity index (χ4v) is 0. The Labute approximate surface area is 99.9 Å². The molecular weight excluding hydrogens is 659 g/mol. The molecule has 0 rings (SSSR count). The Hall–Kier alpha value is 3.57. The van der Waals surface area contributed by atoms with Crippen LogP contribution in [-0.4, -0.2) is 66.2 Å². The molecule has 0 saturated carbocycles. The van der Waals surface area contributed by atoms with Gasteiger partial charge < -0.3 is 0 Å². The van der Waals surface area contributed by atoms with Crippen molar-refractivity contribution in [3.63, 3.8) is 0 Å². The van der Waals surface area contributed by atoms with Crippen LogP contribution in [0.4, 0.5) is 0 Å². The second-order valence-corrected chi connectivity index (χ2v) is 0. The van der Waals surface area contributed by atoms with Crippen molar-refractivity contribution in [1.82, 2.24) is 0 Å². The van der Waals surface area contributed by atoms with E-state index in [1.54, 1.807) is 0 Å². The molecule has 0 unspecified atom stereocenters. The maximum atomic E-state index is 2.26. The van der Waals surface area contributed by atoms with Gasteiger partial charge in [-0.05, 0) is 0 Å². The first-order valence-electron chi connectivity index (χ1n) is 0.135. The van der Waals surface area contributed by atoms with Crippen LogP contribution >= 0.6 is 0 Å². The summed E-state index contributed by atoms with van der Waals surface area (Å²) in [4.78, 5) is 0. The van der Waals surface area contributed by atoms with E-state index in [0.29, 0.717) is 0 Å². The van der Waals surface area contributed by atoms with Gasteiger partial charge in [0.25, 0.3) is 0 Å². The van der Waals surface area contributed by atoms with Crippen LogP contribution in [0.25, 0.3) is 0 Å². The van der Waals surface area contributed by atoms with Gasteiger partial charge in [0.1, 0.15) is 0 Å². The van der Waals surface area contributed by atoms with Crippen LogP contribution in [0.2, 0.25) is 0 Å². The smallest absolute Gasteiger partial charge is 0 e. The van der Waals surface area contributed by atoms with Crippen molar-refractivity contribution in [2.24, 2.45) is 0 Å². The summed E-state index contributed by atoms with van der Waals surface area (Å²) in [5.74, 6) is 0. The summed E-state index contributed by atoms with van der Waals surface area (Å²) in [7, 11) is 0. The van der Waals surface area contributed by atoms with E-state index in [2.05, 4.69) is 32.0 Å². The molecule has 5 heteroatoms. The molecule has 0 N–H and O–H groups in total. The molecule has 0 aliphatic heterocycles. The SMILES string of the molecule is [Cu].[InH3].[SeH][Au].[Tl]. The Kier molecular flexibility index (Phi) is 121. The second-order valence-electron chi connectivity index (χ2n) is 0. The van der Waals surface area contributed by atoms with E-state index in [1.165, 1.54) is 0 Å². The molecule has 0 aliphatic carbocycles. The van der Waals surface area contributed by atoms with Crippen LogP contribution in [0, 0.1) is 0 Å². The quantitative estimate of drug-likeness (QED) is 0.258. The van der Waals surface area contributed by atoms with E-state index in [1.807, 2.05) is 0 Å². The molecule has 38 valence electrons. The van der Waals surface area contributed by atoms with Crippen molar-refractivity contribution in [3.8, 4) is 0 Å². The third-order valence-electron chi connectivity index (χ3n) is 0. The minimum atomic E-state index is 0. The number of hydrogen-bond donors (Lipinski definition) is 0. The maximum absolute atomic E-state index is 2.26. The van der Waals surface area contributed by atoms with Crippen molar-refractivity contribution >= 4 is 66.2 Å². The first-order chi connectivity index (χ1) is 1.00. The topological polar surface area (TPSA) is 0 Å². The maximum Gasteiger partial charge on any atom is 0 e. The van der Waals surface area contributed by atoms with E-state index >= 15 is 0 Å². The minimum absolute atomic E-state index is 0. The van der Waals surface area contributed by atoms with Gasteiger partial charge >= 0.3 is 57.9 Å². The summed E-state index contributed by atoms with van der Waals surface area (Å²) < 4.78 is 0. The van der Waals surface area contributed by atoms with Gasteiger partial charge in [-0.3, -0.25) is 0 Å². The van der Waals surface area contributed by atoms with Crippen LogP contribution in [0.3, 0.4) is 0 Å². The average Bonchev–Trinajstić information content (AvgIpc) is 1.00. The standard InChI is InChI=1S/Au.Cu.In.H2Se.Tl.3H/h;;;1H2;;;;/q+1;;;;;;;/p-1. The van der Waals surface area contributed by atoms with Crippen LogP contribution in [-0.2, 0) is 36.0 Å². The van der Waals surface area contributed by atoms with Gasteiger partial charge in [0.15, 0.2) is 0 Å². The number of hydrogen-bond acceptors (Lipinski definition) is 0. The summed E-state index contributed by atoms with van der Waals surface area (Å²) in [5, 5.41) is 0. The van der Waals surface area contributed by atoms with E-state index in [9.17, 15) is 0 Å². The summed E-state index contributed by atoms with van der Waals surface area (Å²) in [6.45, 7) is 0. The van der Waals surface area contributed by atoms with E-state index in [0.717, 1.165) is 0 Å². The fourth-order valence-electron chi connectivity index (χ4n) is 0. The first-order valence-corrected chi connectivity index (χ1v) is 5.74. The molecule has 0 aromatic carbocycles. The Morgan fingerprint density at radius 1 is 1.20 bits per heavy atom. The molecule has 0 aromatic heterocycles. The molecule has 0 bridgehead atoms. The molecule has 0 saturated heterocycles. The van der Waals surface area contributed by atoms with Crippen molar-refractivity contribution in [2.45, 2.75) is 0 Å². The molecule has 0 atom stereocenters. The Balaban J connectivity index is -0.00000000167. The third kappa shape index (κ3) is 18.4. The Bertz CT molecular complexity index is 11.6. The Morgan fingerprint density at radius 3 is 1.20 bits per heavy atom. The van der Waals surface area contributed by atoms with Crippen LogP contribution in [0.15, 0.2) is 0 Å². The molecule has 0 nitrogen and oxygen atoms in total. The minimum Gasteiger partial charge on any atom is 0 e. The normalized spacial score (nSPS) is 1.40. The third-order valence-corrected chi connectivity index (χ3v) is 0. The predicted octanol–water partition coefficient (Wildman–Crippen LogP) is -2.22. The molecule has 0 fully saturated rings. The Morgan fingerprint density at radius 2 is 1.20 bits per heavy atom. The summed E-state index contributed by atoms with van der Waals surface area (Å²) in [6.07, 6.45) is 0. The summed E-state index contributed by atoms with van der Waals surface area (Å²) >= 11 is 4.47. The van der Waals surface area contributed by atoms with E-state index in [4.69, 9.17) is 0 Å². The summed E-state index contributed by atoms with van der Waals surface area (Å²) in [5.41, 5.74) is 0. The molecule has 0 aromatic rings. The van der Waals surface area contributed by atoms with Crippen molar-refractivity contribution < 1.29 is 36.0 Å². The van der Waals surface area contributed by atoms with Gasteiger partial charge in [-0.2, -0.15) is 0 Å². The molecule has 5 heavy (non-hydrogen) atoms. The molecule has 0 amide bonds. The van der Waals surface area contributed by atoms with Crippen molar-refractivity contribution in [3.05, 3.63) is 0 Å². The molecular formula is H4AuCuInSeTl. The molecule has 0 aliphatic rings. The fraction of sp³-hybridized carbons (Fsp3) is 0. The van der Waals surface area contributed by atoms with Crippen molar-refractivity contribution in [2.75, 3.05) is 0 Å². The van der Waals surface area contributed by atoms with Gasteiger partial charge in [0, 0.05) is 44.4 Å². The monoisotopic (exact) mass is 664 g/mol. The zero-order valence-corrected chi connectivity index (χ0v) is 11.1. The van der Waals surface area contributed by atoms with Gasteiger partial charge in [0.05, 0.1) is 0 Å². The van der Waals surface area contributed by atoms with Gasteiger partial charge in [0.2, 0.25) is 0 Å². The van der Waals surface area contributed by atoms with E-state index in [-0.39, 0.29) is 70.2 Å². The van der Waals surface area contributed by atoms with Crippen molar-refractivity contribution in [1.29, 1.82) is 0 Å².